The fraction of sp³-hybridized carbons (Fsp3) is 0.419. The molecule has 2 unspecified atom stereocenters. The molecule has 0 spiro atoms. The molecule has 0 radical (unpaired) electrons. The van der Waals surface area contributed by atoms with Crippen molar-refractivity contribution in [2.45, 2.75) is 45.6 Å². The topological polar surface area (TPSA) is 81.5 Å². The van der Waals surface area contributed by atoms with Gasteiger partial charge in [0.2, 0.25) is 0 Å². The minimum absolute atomic E-state index is 0.0172. The van der Waals surface area contributed by atoms with E-state index in [2.05, 4.69) is 4.98 Å². The number of carbonyl (C=O) groups is 2. The zero-order valence-electron chi connectivity index (χ0n) is 22.7. The molecule has 2 aromatic heterocycles. The monoisotopic (exact) mass is 515 g/mol. The van der Waals surface area contributed by atoms with Crippen LogP contribution in [0.4, 0.5) is 0 Å². The molecule has 1 amide bonds. The van der Waals surface area contributed by atoms with Gasteiger partial charge in [-0.1, -0.05) is 50.2 Å². The highest BCUT2D eigenvalue weighted by atomic mass is 16.5. The number of carbonyl (C=O) groups excluding carboxylic acids is 2. The van der Waals surface area contributed by atoms with Gasteiger partial charge >= 0.3 is 0 Å². The number of amides is 1. The molecule has 7 nitrogen and oxygen atoms in total. The molecule has 200 valence electrons. The Bertz CT molecular complexity index is 1230. The molecule has 2 atom stereocenters. The van der Waals surface area contributed by atoms with Crippen molar-refractivity contribution < 1.29 is 14.3 Å². The first-order valence-corrected chi connectivity index (χ1v) is 13.3. The second-order valence-electron chi connectivity index (χ2n) is 10.5. The van der Waals surface area contributed by atoms with Gasteiger partial charge < -0.3 is 14.2 Å². The summed E-state index contributed by atoms with van der Waals surface area (Å²) in [6.45, 7) is 6.90. The molecule has 0 aliphatic carbocycles. The molecule has 4 rings (SSSR count). The highest BCUT2D eigenvalue weighted by molar-refractivity contribution is 5.98. The van der Waals surface area contributed by atoms with Gasteiger partial charge in [-0.3, -0.25) is 19.4 Å². The molecule has 1 aromatic carbocycles. The van der Waals surface area contributed by atoms with E-state index in [-0.39, 0.29) is 41.5 Å². The molecule has 3 aromatic rings. The molecule has 1 saturated heterocycles. The van der Waals surface area contributed by atoms with Crippen molar-refractivity contribution in [3.8, 4) is 0 Å². The van der Waals surface area contributed by atoms with Crippen LogP contribution < -0.4 is 5.56 Å². The Morgan fingerprint density at radius 3 is 2.37 bits per heavy atom. The zero-order chi connectivity index (χ0) is 27.2. The van der Waals surface area contributed by atoms with Gasteiger partial charge in [-0.25, -0.2) is 0 Å². The average Bonchev–Trinajstić information content (AvgIpc) is 2.94. The van der Waals surface area contributed by atoms with E-state index in [0.29, 0.717) is 37.2 Å². The minimum atomic E-state index is -0.612. The predicted octanol–water partition coefficient (Wildman–Crippen LogP) is 4.38. The molecular weight excluding hydrogens is 478 g/mol. The van der Waals surface area contributed by atoms with Crippen LogP contribution in [0, 0.1) is 18.8 Å². The van der Waals surface area contributed by atoms with Crippen molar-refractivity contribution in [1.82, 2.24) is 14.5 Å². The molecule has 1 aliphatic rings. The molecule has 38 heavy (non-hydrogen) atoms. The van der Waals surface area contributed by atoms with Gasteiger partial charge in [0.25, 0.3) is 11.5 Å². The average molecular weight is 516 g/mol. The maximum absolute atomic E-state index is 14.4. The number of nitrogens with zero attached hydrogens (tertiary/aromatic N) is 3. The summed E-state index contributed by atoms with van der Waals surface area (Å²) in [5.41, 5.74) is 2.58. The normalized spacial score (nSPS) is 15.7. The maximum Gasteiger partial charge on any atom is 0.256 e. The number of Topliss-reactive ketones (excluding diaryl/α,β-unsaturated/α-hetero) is 1. The second-order valence-corrected chi connectivity index (χ2v) is 10.5. The Morgan fingerprint density at radius 2 is 1.76 bits per heavy atom. The number of ketones is 1. The maximum atomic E-state index is 14.4. The van der Waals surface area contributed by atoms with Crippen LogP contribution >= 0.6 is 0 Å². The number of hydrogen-bond donors (Lipinski definition) is 0. The van der Waals surface area contributed by atoms with Crippen molar-refractivity contribution in [2.75, 3.05) is 19.8 Å². The lowest BCUT2D eigenvalue weighted by Crippen LogP contribution is -2.53. The number of ether oxygens (including phenoxy) is 1. The van der Waals surface area contributed by atoms with E-state index in [4.69, 9.17) is 4.74 Å². The van der Waals surface area contributed by atoms with Crippen molar-refractivity contribution in [3.63, 3.8) is 0 Å². The summed E-state index contributed by atoms with van der Waals surface area (Å²) in [6.07, 6.45) is 4.74. The highest BCUT2D eigenvalue weighted by Crippen LogP contribution is 2.31. The van der Waals surface area contributed by atoms with E-state index in [1.807, 2.05) is 62.4 Å². The van der Waals surface area contributed by atoms with Crippen LogP contribution in [0.15, 0.2) is 71.8 Å². The third-order valence-electron chi connectivity index (χ3n) is 7.41. The molecule has 7 heteroatoms. The predicted molar refractivity (Wildman–Crippen MR) is 147 cm³/mol. The van der Waals surface area contributed by atoms with Crippen LogP contribution in [-0.4, -0.2) is 51.9 Å². The molecule has 0 saturated carbocycles. The molecular formula is C31H37N3O4. The van der Waals surface area contributed by atoms with Crippen LogP contribution in [0.1, 0.15) is 59.8 Å². The summed E-state index contributed by atoms with van der Waals surface area (Å²) in [7, 11) is 1.65. The minimum Gasteiger partial charge on any atom is -0.381 e. The SMILES string of the molecule is Cc1cc(C(=O)N(CC(c2ccccc2)c2ccccn2)C(C(=O)C(C)C)C2CCOCC2)cn(C)c1=O. The molecule has 0 N–H and O–H groups in total. The van der Waals surface area contributed by atoms with Crippen LogP contribution in [0.5, 0.6) is 0 Å². The quantitative estimate of drug-likeness (QED) is 0.422. The van der Waals surface area contributed by atoms with E-state index in [1.54, 1.807) is 37.3 Å². The summed E-state index contributed by atoms with van der Waals surface area (Å²) in [5, 5.41) is 0. The number of aromatic nitrogens is 2. The lowest BCUT2D eigenvalue weighted by molar-refractivity contribution is -0.129. The fourth-order valence-electron chi connectivity index (χ4n) is 5.33. The standard InChI is InChI=1S/C31H37N3O4/c1-21(2)29(35)28(24-13-16-38-17-14-24)34(31(37)25-18-22(3)30(36)33(4)19-25)20-26(23-10-6-5-7-11-23)27-12-8-9-15-32-27/h5-12,15,18-19,21,24,26,28H,13-14,16-17,20H2,1-4H3. The Balaban J connectivity index is 1.86. The van der Waals surface area contributed by atoms with Gasteiger partial charge in [0.1, 0.15) is 0 Å². The van der Waals surface area contributed by atoms with Crippen LogP contribution in [0.25, 0.3) is 0 Å². The van der Waals surface area contributed by atoms with Gasteiger partial charge in [0.05, 0.1) is 11.6 Å². The lowest BCUT2D eigenvalue weighted by atomic mass is 9.83. The number of rotatable bonds is 9. The molecule has 0 bridgehead atoms. The Labute approximate surface area is 224 Å². The first kappa shape index (κ1) is 27.5. The van der Waals surface area contributed by atoms with Gasteiger partial charge in [-0.15, -0.1) is 0 Å². The molecule has 1 fully saturated rings. The number of pyridine rings is 2. The van der Waals surface area contributed by atoms with Gasteiger partial charge in [0, 0.05) is 62.3 Å². The van der Waals surface area contributed by atoms with E-state index in [9.17, 15) is 14.4 Å². The van der Waals surface area contributed by atoms with Gasteiger partial charge in [-0.05, 0) is 49.4 Å². The lowest BCUT2D eigenvalue weighted by Gasteiger charge is -2.40. The number of hydrogen-bond acceptors (Lipinski definition) is 5. The molecule has 3 heterocycles. The van der Waals surface area contributed by atoms with E-state index < -0.39 is 6.04 Å². The first-order chi connectivity index (χ1) is 18.3. The third-order valence-corrected chi connectivity index (χ3v) is 7.41. The zero-order valence-corrected chi connectivity index (χ0v) is 22.7. The molecule has 1 aliphatic heterocycles. The summed E-state index contributed by atoms with van der Waals surface area (Å²) in [4.78, 5) is 47.0. The van der Waals surface area contributed by atoms with Crippen molar-refractivity contribution in [3.05, 3.63) is 99.7 Å². The van der Waals surface area contributed by atoms with Crippen molar-refractivity contribution in [1.29, 1.82) is 0 Å². The Hall–Kier alpha value is -3.58. The van der Waals surface area contributed by atoms with Crippen LogP contribution in [0.3, 0.4) is 0 Å². The first-order valence-electron chi connectivity index (χ1n) is 13.3. The Kier molecular flexibility index (Phi) is 8.89. The summed E-state index contributed by atoms with van der Waals surface area (Å²) < 4.78 is 7.05. The van der Waals surface area contributed by atoms with Gasteiger partial charge in [-0.2, -0.15) is 0 Å². The number of benzene rings is 1. The van der Waals surface area contributed by atoms with E-state index >= 15 is 0 Å². The van der Waals surface area contributed by atoms with E-state index in [0.717, 1.165) is 11.3 Å². The highest BCUT2D eigenvalue weighted by Gasteiger charge is 2.40. The van der Waals surface area contributed by atoms with Crippen LogP contribution in [-0.2, 0) is 16.6 Å². The van der Waals surface area contributed by atoms with E-state index in [1.165, 1.54) is 4.57 Å². The number of aryl methyl sites for hydroxylation is 2. The summed E-state index contributed by atoms with van der Waals surface area (Å²) >= 11 is 0. The van der Waals surface area contributed by atoms with Crippen molar-refractivity contribution in [2.24, 2.45) is 18.9 Å². The fourth-order valence-corrected chi connectivity index (χ4v) is 5.33. The smallest absolute Gasteiger partial charge is 0.256 e. The third kappa shape index (κ3) is 6.10. The summed E-state index contributed by atoms with van der Waals surface area (Å²) in [6, 6.07) is 16.8. The summed E-state index contributed by atoms with van der Waals surface area (Å²) in [5.74, 6) is -0.718. The largest absolute Gasteiger partial charge is 0.381 e. The van der Waals surface area contributed by atoms with Gasteiger partial charge in [0.15, 0.2) is 5.78 Å². The van der Waals surface area contributed by atoms with Crippen LogP contribution in [0.2, 0.25) is 0 Å². The second kappa shape index (κ2) is 12.3. The van der Waals surface area contributed by atoms with Crippen molar-refractivity contribution >= 4 is 11.7 Å². The Morgan fingerprint density at radius 1 is 1.08 bits per heavy atom.